The molecule has 0 unspecified atom stereocenters. The van der Waals surface area contributed by atoms with E-state index < -0.39 is 5.54 Å². The van der Waals surface area contributed by atoms with Crippen LogP contribution in [0, 0.1) is 0 Å². The Labute approximate surface area is 147 Å². The van der Waals surface area contributed by atoms with Crippen molar-refractivity contribution < 1.29 is 18.8 Å². The number of carbonyl (C=O) groups is 2. The minimum absolute atomic E-state index is 0.0298. The molecule has 3 rings (SSSR count). The molecule has 2 fully saturated rings. The summed E-state index contributed by atoms with van der Waals surface area (Å²) in [5, 5.41) is 3.84. The fraction of sp³-hybridized carbons (Fsp3) is 0.765. The minimum Gasteiger partial charge on any atom is -0.378 e. The van der Waals surface area contributed by atoms with Crippen LogP contribution in [0.15, 0.2) is 4.52 Å². The first kappa shape index (κ1) is 17.8. The van der Waals surface area contributed by atoms with Crippen molar-refractivity contribution in [3.63, 3.8) is 0 Å². The normalized spacial score (nSPS) is 23.9. The quantitative estimate of drug-likeness (QED) is 0.781. The maximum atomic E-state index is 13.0. The zero-order chi connectivity index (χ0) is 17.9. The van der Waals surface area contributed by atoms with Gasteiger partial charge in [0.2, 0.25) is 17.7 Å². The van der Waals surface area contributed by atoms with Crippen LogP contribution in [-0.2, 0) is 27.2 Å². The van der Waals surface area contributed by atoms with Crippen LogP contribution in [0.4, 0.5) is 0 Å². The molecule has 0 aromatic carbocycles. The smallest absolute Gasteiger partial charge is 0.248 e. The molecular weight excluding hydrogens is 324 g/mol. The Morgan fingerprint density at radius 1 is 1.24 bits per heavy atom. The fourth-order valence-corrected chi connectivity index (χ4v) is 3.58. The summed E-state index contributed by atoms with van der Waals surface area (Å²) in [5.41, 5.74) is -0.752. The number of nitrogens with zero attached hydrogens (tertiary/aromatic N) is 4. The van der Waals surface area contributed by atoms with E-state index in [1.807, 2.05) is 18.7 Å². The first-order valence-corrected chi connectivity index (χ1v) is 9.03. The van der Waals surface area contributed by atoms with Crippen LogP contribution in [0.1, 0.15) is 44.8 Å². The van der Waals surface area contributed by atoms with Gasteiger partial charge in [-0.25, -0.2) is 0 Å². The van der Waals surface area contributed by atoms with Crippen LogP contribution >= 0.6 is 0 Å². The van der Waals surface area contributed by atoms with Gasteiger partial charge in [0, 0.05) is 38.9 Å². The van der Waals surface area contributed by atoms with Gasteiger partial charge in [-0.2, -0.15) is 4.98 Å². The van der Waals surface area contributed by atoms with E-state index in [1.165, 1.54) is 0 Å². The topological polar surface area (TPSA) is 88.8 Å². The van der Waals surface area contributed by atoms with E-state index >= 15 is 0 Å². The highest BCUT2D eigenvalue weighted by molar-refractivity contribution is 5.91. The lowest BCUT2D eigenvalue weighted by molar-refractivity contribution is -0.153. The lowest BCUT2D eigenvalue weighted by atomic mass is 9.96. The van der Waals surface area contributed by atoms with Crippen LogP contribution in [0.2, 0.25) is 0 Å². The molecule has 3 heterocycles. The van der Waals surface area contributed by atoms with Gasteiger partial charge < -0.3 is 19.1 Å². The second-order valence-corrected chi connectivity index (χ2v) is 6.79. The number of likely N-dealkylation sites (tertiary alicyclic amines) is 1. The largest absolute Gasteiger partial charge is 0.378 e. The number of carbonyl (C=O) groups excluding carboxylic acids is 2. The number of rotatable bonds is 5. The zero-order valence-corrected chi connectivity index (χ0v) is 15.0. The summed E-state index contributed by atoms with van der Waals surface area (Å²) in [6.45, 7) is 6.77. The molecule has 0 N–H and O–H groups in total. The van der Waals surface area contributed by atoms with Crippen molar-refractivity contribution in [2.24, 2.45) is 0 Å². The average molecular weight is 350 g/mol. The first-order chi connectivity index (χ1) is 12.0. The number of ether oxygens (including phenoxy) is 1. The van der Waals surface area contributed by atoms with E-state index in [9.17, 15) is 9.59 Å². The maximum absolute atomic E-state index is 13.0. The van der Waals surface area contributed by atoms with Crippen molar-refractivity contribution >= 4 is 11.8 Å². The standard InChI is InChI=1S/C17H26N4O4/c1-3-13-18-14(25-19-13)5-6-15(22)21-8-4-7-17(21,2)16(23)20-9-11-24-12-10-20/h3-12H2,1-2H3/t17-/m1/s1. The predicted molar refractivity (Wildman–Crippen MR) is 88.7 cm³/mol. The molecule has 2 amide bonds. The van der Waals surface area contributed by atoms with Gasteiger partial charge in [0.05, 0.1) is 13.2 Å². The molecule has 2 aliphatic rings. The molecule has 0 aliphatic carbocycles. The van der Waals surface area contributed by atoms with Crippen molar-refractivity contribution in [2.45, 2.75) is 51.5 Å². The number of amides is 2. The van der Waals surface area contributed by atoms with Crippen LogP contribution in [-0.4, -0.2) is 70.1 Å². The molecule has 8 nitrogen and oxygen atoms in total. The van der Waals surface area contributed by atoms with Gasteiger partial charge in [0.15, 0.2) is 5.82 Å². The van der Waals surface area contributed by atoms with Gasteiger partial charge >= 0.3 is 0 Å². The Hall–Kier alpha value is -1.96. The summed E-state index contributed by atoms with van der Waals surface area (Å²) < 4.78 is 10.5. The predicted octanol–water partition coefficient (Wildman–Crippen LogP) is 0.805. The lowest BCUT2D eigenvalue weighted by Gasteiger charge is -2.39. The number of hydrogen-bond acceptors (Lipinski definition) is 6. The Morgan fingerprint density at radius 2 is 2.00 bits per heavy atom. The highest BCUT2D eigenvalue weighted by Crippen LogP contribution is 2.32. The highest BCUT2D eigenvalue weighted by atomic mass is 16.5. The lowest BCUT2D eigenvalue weighted by Crippen LogP contribution is -2.58. The van der Waals surface area contributed by atoms with Crippen LogP contribution in [0.25, 0.3) is 0 Å². The molecule has 2 aliphatic heterocycles. The third kappa shape index (κ3) is 3.68. The maximum Gasteiger partial charge on any atom is 0.248 e. The molecule has 0 bridgehead atoms. The molecule has 1 aromatic heterocycles. The number of morpholine rings is 1. The van der Waals surface area contributed by atoms with Gasteiger partial charge in [0.25, 0.3) is 0 Å². The number of hydrogen-bond donors (Lipinski definition) is 0. The van der Waals surface area contributed by atoms with Gasteiger partial charge in [-0.1, -0.05) is 12.1 Å². The molecular formula is C17H26N4O4. The van der Waals surface area contributed by atoms with Gasteiger partial charge in [-0.05, 0) is 19.8 Å². The van der Waals surface area contributed by atoms with Crippen LogP contribution in [0.3, 0.4) is 0 Å². The highest BCUT2D eigenvalue weighted by Gasteiger charge is 2.47. The third-order valence-corrected chi connectivity index (χ3v) is 5.08. The zero-order valence-electron chi connectivity index (χ0n) is 15.0. The summed E-state index contributed by atoms with van der Waals surface area (Å²) in [6, 6.07) is 0. The molecule has 8 heteroatoms. The first-order valence-electron chi connectivity index (χ1n) is 9.03. The summed E-state index contributed by atoms with van der Waals surface area (Å²) in [6.07, 6.45) is 2.94. The molecule has 25 heavy (non-hydrogen) atoms. The van der Waals surface area contributed by atoms with E-state index in [4.69, 9.17) is 9.26 Å². The SMILES string of the molecule is CCc1noc(CCC(=O)N2CCC[C@]2(C)C(=O)N2CCOCC2)n1. The number of aryl methyl sites for hydroxylation is 2. The van der Waals surface area contributed by atoms with Gasteiger partial charge in [-0.15, -0.1) is 0 Å². The summed E-state index contributed by atoms with van der Waals surface area (Å²) >= 11 is 0. The Kier molecular flexibility index (Phi) is 5.36. The molecule has 1 atom stereocenters. The van der Waals surface area contributed by atoms with Crippen molar-refractivity contribution in [3.05, 3.63) is 11.7 Å². The third-order valence-electron chi connectivity index (χ3n) is 5.08. The Balaban J connectivity index is 1.62. The average Bonchev–Trinajstić information content (AvgIpc) is 3.27. The van der Waals surface area contributed by atoms with E-state index in [-0.39, 0.29) is 18.2 Å². The van der Waals surface area contributed by atoms with E-state index in [0.29, 0.717) is 63.8 Å². The molecule has 2 saturated heterocycles. The second kappa shape index (κ2) is 7.51. The molecule has 0 radical (unpaired) electrons. The van der Waals surface area contributed by atoms with Crippen molar-refractivity contribution in [3.8, 4) is 0 Å². The van der Waals surface area contributed by atoms with Gasteiger partial charge in [0.1, 0.15) is 5.54 Å². The summed E-state index contributed by atoms with van der Waals surface area (Å²) in [5.74, 6) is 1.13. The molecule has 138 valence electrons. The van der Waals surface area contributed by atoms with Crippen molar-refractivity contribution in [2.75, 3.05) is 32.8 Å². The molecule has 0 saturated carbocycles. The van der Waals surface area contributed by atoms with Crippen molar-refractivity contribution in [1.82, 2.24) is 19.9 Å². The Morgan fingerprint density at radius 3 is 2.68 bits per heavy atom. The molecule has 1 aromatic rings. The van der Waals surface area contributed by atoms with E-state index in [2.05, 4.69) is 10.1 Å². The monoisotopic (exact) mass is 350 g/mol. The second-order valence-electron chi connectivity index (χ2n) is 6.79. The summed E-state index contributed by atoms with van der Waals surface area (Å²) in [4.78, 5) is 33.5. The van der Waals surface area contributed by atoms with Crippen LogP contribution in [0.5, 0.6) is 0 Å². The van der Waals surface area contributed by atoms with Crippen molar-refractivity contribution in [1.29, 1.82) is 0 Å². The Bertz CT molecular complexity index is 626. The molecule has 0 spiro atoms. The summed E-state index contributed by atoms with van der Waals surface area (Å²) in [7, 11) is 0. The minimum atomic E-state index is -0.752. The van der Waals surface area contributed by atoms with Crippen LogP contribution < -0.4 is 0 Å². The number of aromatic nitrogens is 2. The van der Waals surface area contributed by atoms with E-state index in [1.54, 1.807) is 4.90 Å². The van der Waals surface area contributed by atoms with Gasteiger partial charge in [-0.3, -0.25) is 9.59 Å². The van der Waals surface area contributed by atoms with E-state index in [0.717, 1.165) is 6.42 Å². The fourth-order valence-electron chi connectivity index (χ4n) is 3.58.